The molecule has 13 aromatic rings. The lowest BCUT2D eigenvalue weighted by molar-refractivity contribution is 1.26. The van der Waals surface area contributed by atoms with Crippen molar-refractivity contribution < 1.29 is 0 Å². The maximum Gasteiger partial charge on any atom is 0.0540 e. The van der Waals surface area contributed by atoms with E-state index in [2.05, 4.69) is 311 Å². The number of hydrogen-bond acceptors (Lipinski definition) is 5. The molecule has 12 aromatic carbocycles. The highest BCUT2D eigenvalue weighted by Gasteiger charge is 2.21. The number of anilines is 12. The number of para-hydroxylation sites is 4. The van der Waals surface area contributed by atoms with Gasteiger partial charge in [-0.15, -0.1) is 11.3 Å². The van der Waals surface area contributed by atoms with Crippen LogP contribution in [-0.2, 0) is 0 Å². The molecule has 0 aliphatic carbocycles. The minimum atomic E-state index is 1.07. The molecular formula is C68H48N4S. The standard InChI is InChI=1S/C68H48N4S/c1-5-23-51(24-6-1)69(55-35-39-57(40-36-55)71(53-27-9-3-10-28-53)65-33-17-21-49-19-13-15-31-61(49)65)59-43-45-67-63(47-59)64-48-60(44-46-68(64)73-67)70(52-25-7-2-8-26-52)56-37-41-58(42-38-56)72(54-29-11-4-12-30-54)66-34-18-22-50-20-14-16-32-62(50)66/h1-48H. The van der Waals surface area contributed by atoms with E-state index in [-0.39, 0.29) is 0 Å². The first-order chi connectivity index (χ1) is 36.2. The van der Waals surface area contributed by atoms with Crippen LogP contribution in [0.4, 0.5) is 68.2 Å². The minimum Gasteiger partial charge on any atom is -0.310 e. The van der Waals surface area contributed by atoms with E-state index in [4.69, 9.17) is 0 Å². The third-order valence-corrected chi connectivity index (χ3v) is 14.9. The van der Waals surface area contributed by atoms with Gasteiger partial charge in [0, 0.05) is 87.8 Å². The van der Waals surface area contributed by atoms with E-state index >= 15 is 0 Å². The summed E-state index contributed by atoms with van der Waals surface area (Å²) in [6, 6.07) is 105. The van der Waals surface area contributed by atoms with Crippen LogP contribution < -0.4 is 19.6 Å². The molecule has 0 aliphatic rings. The third-order valence-electron chi connectivity index (χ3n) is 13.8. The van der Waals surface area contributed by atoms with E-state index in [0.29, 0.717) is 0 Å². The van der Waals surface area contributed by atoms with Crippen LogP contribution in [0.25, 0.3) is 41.7 Å². The molecule has 13 rings (SSSR count). The van der Waals surface area contributed by atoms with E-state index in [1.807, 2.05) is 11.3 Å². The van der Waals surface area contributed by atoms with Crippen molar-refractivity contribution in [1.82, 2.24) is 0 Å². The topological polar surface area (TPSA) is 13.0 Å². The monoisotopic (exact) mass is 952 g/mol. The Balaban J connectivity index is 0.890. The number of benzene rings is 12. The number of fused-ring (bicyclic) bond motifs is 5. The third kappa shape index (κ3) is 8.28. The molecule has 0 saturated carbocycles. The molecular weight excluding hydrogens is 905 g/mol. The Morgan fingerprint density at radius 3 is 0.836 bits per heavy atom. The smallest absolute Gasteiger partial charge is 0.0540 e. The number of hydrogen-bond donors (Lipinski definition) is 0. The summed E-state index contributed by atoms with van der Waals surface area (Å²) in [5.74, 6) is 0. The SMILES string of the molecule is c1ccc(N(c2ccc(N(c3ccccc3)c3cccc4ccccc34)cc2)c2ccc3sc4ccc(N(c5ccccc5)c5ccc(N(c6ccccc6)c6cccc7ccccc67)cc5)cc4c3c2)cc1. The molecule has 0 atom stereocenters. The molecule has 4 nitrogen and oxygen atoms in total. The van der Waals surface area contributed by atoms with Gasteiger partial charge in [-0.25, -0.2) is 0 Å². The lowest BCUT2D eigenvalue weighted by Crippen LogP contribution is -2.12. The van der Waals surface area contributed by atoms with Gasteiger partial charge in [0.15, 0.2) is 0 Å². The van der Waals surface area contributed by atoms with Crippen LogP contribution in [-0.4, -0.2) is 0 Å². The average molecular weight is 953 g/mol. The molecule has 73 heavy (non-hydrogen) atoms. The highest BCUT2D eigenvalue weighted by molar-refractivity contribution is 7.25. The molecule has 1 heterocycles. The lowest BCUT2D eigenvalue weighted by Gasteiger charge is -2.29. The highest BCUT2D eigenvalue weighted by atomic mass is 32.1. The summed E-state index contributed by atoms with van der Waals surface area (Å²) in [5, 5.41) is 7.27. The molecule has 0 unspecified atom stereocenters. The zero-order valence-electron chi connectivity index (χ0n) is 39.9. The van der Waals surface area contributed by atoms with E-state index in [9.17, 15) is 0 Å². The Labute approximate surface area is 429 Å². The first-order valence-corrected chi connectivity index (χ1v) is 25.6. The van der Waals surface area contributed by atoms with Crippen molar-refractivity contribution in [2.75, 3.05) is 19.6 Å². The largest absolute Gasteiger partial charge is 0.310 e. The van der Waals surface area contributed by atoms with Gasteiger partial charge in [0.1, 0.15) is 0 Å². The van der Waals surface area contributed by atoms with Gasteiger partial charge < -0.3 is 19.6 Å². The van der Waals surface area contributed by atoms with Crippen LogP contribution in [0.5, 0.6) is 0 Å². The second-order valence-electron chi connectivity index (χ2n) is 18.2. The van der Waals surface area contributed by atoms with Crippen LogP contribution in [0.1, 0.15) is 0 Å². The van der Waals surface area contributed by atoms with Crippen molar-refractivity contribution in [2.24, 2.45) is 0 Å². The predicted octanol–water partition coefficient (Wildman–Crippen LogP) is 20.2. The molecule has 5 heteroatoms. The van der Waals surface area contributed by atoms with E-state index in [0.717, 1.165) is 68.2 Å². The van der Waals surface area contributed by atoms with Crippen LogP contribution in [0, 0.1) is 0 Å². The van der Waals surface area contributed by atoms with Crippen molar-refractivity contribution in [3.8, 4) is 0 Å². The van der Waals surface area contributed by atoms with Crippen molar-refractivity contribution >= 4 is 121 Å². The van der Waals surface area contributed by atoms with Gasteiger partial charge in [0.2, 0.25) is 0 Å². The van der Waals surface area contributed by atoms with E-state index in [1.54, 1.807) is 0 Å². The number of rotatable bonds is 12. The molecule has 346 valence electrons. The molecule has 0 saturated heterocycles. The quantitative estimate of drug-likeness (QED) is 0.121. The second kappa shape index (κ2) is 19.1. The normalized spacial score (nSPS) is 11.3. The number of nitrogens with zero attached hydrogens (tertiary/aromatic N) is 4. The molecule has 0 N–H and O–H groups in total. The predicted molar refractivity (Wildman–Crippen MR) is 313 cm³/mol. The molecule has 0 aliphatic heterocycles. The fourth-order valence-corrected chi connectivity index (χ4v) is 11.5. The van der Waals surface area contributed by atoms with E-state index in [1.165, 1.54) is 41.7 Å². The van der Waals surface area contributed by atoms with Crippen LogP contribution in [0.2, 0.25) is 0 Å². The maximum absolute atomic E-state index is 2.37. The Hall–Kier alpha value is -9.42. The second-order valence-corrected chi connectivity index (χ2v) is 19.3. The summed E-state index contributed by atoms with van der Waals surface area (Å²) < 4.78 is 2.50. The van der Waals surface area contributed by atoms with Gasteiger partial charge >= 0.3 is 0 Å². The summed E-state index contributed by atoms with van der Waals surface area (Å²) in [6.45, 7) is 0. The van der Waals surface area contributed by atoms with Gasteiger partial charge in [0.25, 0.3) is 0 Å². The lowest BCUT2D eigenvalue weighted by atomic mass is 10.1. The van der Waals surface area contributed by atoms with Crippen molar-refractivity contribution in [3.05, 3.63) is 291 Å². The average Bonchev–Trinajstić information content (AvgIpc) is 3.83. The first-order valence-electron chi connectivity index (χ1n) is 24.7. The Morgan fingerprint density at radius 2 is 0.466 bits per heavy atom. The molecule has 0 bridgehead atoms. The summed E-state index contributed by atoms with van der Waals surface area (Å²) in [5.41, 5.74) is 13.2. The Kier molecular flexibility index (Phi) is 11.4. The van der Waals surface area contributed by atoms with E-state index < -0.39 is 0 Å². The fraction of sp³-hybridized carbons (Fsp3) is 0. The zero-order chi connectivity index (χ0) is 48.5. The minimum absolute atomic E-state index is 1.07. The van der Waals surface area contributed by atoms with Crippen molar-refractivity contribution in [2.45, 2.75) is 0 Å². The van der Waals surface area contributed by atoms with Gasteiger partial charge in [0.05, 0.1) is 11.4 Å². The Morgan fingerprint density at radius 1 is 0.192 bits per heavy atom. The van der Waals surface area contributed by atoms with Crippen LogP contribution in [0.15, 0.2) is 291 Å². The van der Waals surface area contributed by atoms with Gasteiger partial charge in [-0.2, -0.15) is 0 Å². The zero-order valence-corrected chi connectivity index (χ0v) is 40.7. The first kappa shape index (κ1) is 43.6. The molecule has 0 spiro atoms. The van der Waals surface area contributed by atoms with Crippen molar-refractivity contribution in [3.63, 3.8) is 0 Å². The molecule has 0 radical (unpaired) electrons. The molecule has 0 fully saturated rings. The fourth-order valence-electron chi connectivity index (χ4n) is 10.4. The molecule has 0 amide bonds. The number of thiophene rings is 1. The maximum atomic E-state index is 2.37. The summed E-state index contributed by atoms with van der Waals surface area (Å²) in [7, 11) is 0. The van der Waals surface area contributed by atoms with Gasteiger partial charge in [-0.3, -0.25) is 0 Å². The summed E-state index contributed by atoms with van der Waals surface area (Å²) >= 11 is 1.84. The molecule has 1 aromatic heterocycles. The van der Waals surface area contributed by atoms with Gasteiger partial charge in [-0.1, -0.05) is 146 Å². The van der Waals surface area contributed by atoms with Gasteiger partial charge in [-0.05, 0) is 156 Å². The summed E-state index contributed by atoms with van der Waals surface area (Å²) in [6.07, 6.45) is 0. The summed E-state index contributed by atoms with van der Waals surface area (Å²) in [4.78, 5) is 9.46. The highest BCUT2D eigenvalue weighted by Crippen LogP contribution is 2.46. The van der Waals surface area contributed by atoms with Crippen molar-refractivity contribution in [1.29, 1.82) is 0 Å². The van der Waals surface area contributed by atoms with Crippen LogP contribution >= 0.6 is 11.3 Å². The van der Waals surface area contributed by atoms with Crippen LogP contribution in [0.3, 0.4) is 0 Å². The Bertz CT molecular complexity index is 3760.